The van der Waals surface area contributed by atoms with Crippen LogP contribution in [0.4, 0.5) is 79.0 Å². The number of unbranched alkanes of at least 4 members (excludes halogenated alkanes) is 4. The van der Waals surface area contributed by atoms with E-state index in [1.807, 2.05) is 37.8 Å². The summed E-state index contributed by atoms with van der Waals surface area (Å²) in [7, 11) is 0. The number of aliphatic carboxylic acids is 2. The first-order chi connectivity index (χ1) is 57.7. The Morgan fingerprint density at radius 1 is 0.382 bits per heavy atom. The zero-order valence-electron chi connectivity index (χ0n) is 66.9. The molecule has 4 heterocycles. The van der Waals surface area contributed by atoms with Gasteiger partial charge in [0.25, 0.3) is 0 Å². The number of nitrogens with zero attached hydrogens (tertiary/aromatic N) is 7. The van der Waals surface area contributed by atoms with Gasteiger partial charge >= 0.3 is 49.0 Å². The predicted octanol–water partition coefficient (Wildman–Crippen LogP) is 21.7. The number of rotatable bonds is 34. The highest BCUT2D eigenvalue weighted by molar-refractivity contribution is 6.30. The van der Waals surface area contributed by atoms with Gasteiger partial charge in [-0.15, -0.1) is 0 Å². The molecule has 670 valence electrons. The summed E-state index contributed by atoms with van der Waals surface area (Å²) in [6, 6.07) is 31.9. The van der Waals surface area contributed by atoms with Crippen LogP contribution in [-0.4, -0.2) is 148 Å². The number of hydrogen-bond acceptors (Lipinski definition) is 15. The molecule has 10 aromatic rings. The van der Waals surface area contributed by atoms with Gasteiger partial charge in [-0.05, 0) is 151 Å². The first-order valence-electron chi connectivity index (χ1n) is 39.1. The SMILES string of the molecule is CCCCN(CCCC)CC(O)c1cc(C(F)(F)F)nc2c(C(F)(F)F)cccc12.CCCCN(O)CC(O)c1cc(Cc2ccc(Cl)cc2)nc2c(C(F)(F)F)cccc12.CCCCNCC(O)c1cc(Cc2ccc(Cl)cc2)nc2c(C(F)(F)F)cccc12.O=C(O)CCN(CCC(=O)O)CC(O)c1cc(C(F)(F)F)nc2c(C(F)(F)F)cccc12. The van der Waals surface area contributed by atoms with Gasteiger partial charge in [0.1, 0.15) is 11.4 Å². The Morgan fingerprint density at radius 2 is 0.683 bits per heavy atom. The van der Waals surface area contributed by atoms with Crippen molar-refractivity contribution in [3.63, 3.8) is 0 Å². The van der Waals surface area contributed by atoms with Gasteiger partial charge in [0.2, 0.25) is 0 Å². The third kappa shape index (κ3) is 30.0. The Morgan fingerprint density at radius 3 is 1.00 bits per heavy atom. The van der Waals surface area contributed by atoms with Gasteiger partial charge < -0.3 is 46.1 Å². The van der Waals surface area contributed by atoms with E-state index in [-0.39, 0.29) is 71.9 Å². The Bertz CT molecular complexity index is 5080. The molecule has 0 spiro atoms. The van der Waals surface area contributed by atoms with Crippen LogP contribution in [0.15, 0.2) is 146 Å². The van der Waals surface area contributed by atoms with E-state index >= 15 is 0 Å². The molecular formula is C86H92Cl2F18N8O9. The fourth-order valence-corrected chi connectivity index (χ4v) is 13.5. The summed E-state index contributed by atoms with van der Waals surface area (Å²) in [5, 5.41) is 75.9. The maximum atomic E-state index is 13.6. The Kier molecular flexibility index (Phi) is 37.1. The molecule has 0 bridgehead atoms. The lowest BCUT2D eigenvalue weighted by atomic mass is 9.98. The molecule has 4 unspecified atom stereocenters. The maximum Gasteiger partial charge on any atom is 0.433 e. The number of carboxylic acid groups (broad SMARTS) is 2. The van der Waals surface area contributed by atoms with Crippen molar-refractivity contribution < 1.29 is 124 Å². The number of halogens is 20. The lowest BCUT2D eigenvalue weighted by molar-refractivity contribution is -0.142. The summed E-state index contributed by atoms with van der Waals surface area (Å²) in [5.41, 5.74) is -6.97. The summed E-state index contributed by atoms with van der Waals surface area (Å²) < 4.78 is 242. The number of hydrogen-bond donors (Lipinski definition) is 8. The molecule has 0 fully saturated rings. The predicted molar refractivity (Wildman–Crippen MR) is 429 cm³/mol. The zero-order valence-corrected chi connectivity index (χ0v) is 68.4. The first kappa shape index (κ1) is 101. The number of fused-ring (bicyclic) bond motifs is 4. The minimum Gasteiger partial charge on any atom is -0.481 e. The van der Waals surface area contributed by atoms with Crippen LogP contribution in [0.25, 0.3) is 43.6 Å². The normalized spacial score (nSPS) is 13.4. The summed E-state index contributed by atoms with van der Waals surface area (Å²) in [6.45, 7) is 9.64. The smallest absolute Gasteiger partial charge is 0.433 e. The van der Waals surface area contributed by atoms with E-state index in [1.165, 1.54) is 29.2 Å². The monoisotopic (exact) mass is 1790 g/mol. The van der Waals surface area contributed by atoms with Crippen molar-refractivity contribution in [2.24, 2.45) is 0 Å². The minimum atomic E-state index is -5.10. The minimum absolute atomic E-state index is 0.0344. The van der Waals surface area contributed by atoms with Crippen LogP contribution in [0.1, 0.15) is 195 Å². The van der Waals surface area contributed by atoms with Gasteiger partial charge in [0, 0.05) is 95.1 Å². The van der Waals surface area contributed by atoms with Crippen molar-refractivity contribution in [3.05, 3.63) is 234 Å². The van der Waals surface area contributed by atoms with Crippen LogP contribution in [0, 0.1) is 0 Å². The second-order valence-corrected chi connectivity index (χ2v) is 29.9. The third-order valence-electron chi connectivity index (χ3n) is 19.4. The van der Waals surface area contributed by atoms with Gasteiger partial charge in [-0.1, -0.05) is 149 Å². The Balaban J connectivity index is 0.000000226. The average molecular weight is 1790 g/mol. The molecule has 6 aromatic carbocycles. The van der Waals surface area contributed by atoms with E-state index in [0.29, 0.717) is 88.3 Å². The van der Waals surface area contributed by atoms with Crippen LogP contribution >= 0.6 is 23.2 Å². The topological polar surface area (TPSA) is 249 Å². The maximum absolute atomic E-state index is 13.6. The second kappa shape index (κ2) is 45.1. The number of carboxylic acids is 2. The van der Waals surface area contributed by atoms with E-state index in [4.69, 9.17) is 33.4 Å². The number of aliphatic hydroxyl groups is 4. The van der Waals surface area contributed by atoms with Gasteiger partial charge in [-0.2, -0.15) is 84.1 Å². The van der Waals surface area contributed by atoms with Crippen LogP contribution < -0.4 is 5.32 Å². The number of para-hydroxylation sites is 4. The van der Waals surface area contributed by atoms with Crippen molar-refractivity contribution in [1.29, 1.82) is 0 Å². The fraction of sp³-hybridized carbons (Fsp3) is 0.419. The van der Waals surface area contributed by atoms with Crippen molar-refractivity contribution >= 4 is 78.8 Å². The zero-order chi connectivity index (χ0) is 91.1. The molecule has 123 heavy (non-hydrogen) atoms. The molecule has 37 heteroatoms. The molecule has 0 amide bonds. The first-order valence-corrected chi connectivity index (χ1v) is 39.8. The Hall–Kier alpha value is -9.14. The molecule has 0 aliphatic carbocycles. The van der Waals surface area contributed by atoms with E-state index < -0.39 is 143 Å². The van der Waals surface area contributed by atoms with Gasteiger partial charge in [0.05, 0.1) is 88.1 Å². The Labute approximate surface area is 705 Å². The molecular weight excluding hydrogens is 1700 g/mol. The van der Waals surface area contributed by atoms with E-state index in [1.54, 1.807) is 54.6 Å². The molecule has 0 aliphatic heterocycles. The number of aromatic nitrogens is 4. The second-order valence-electron chi connectivity index (χ2n) is 29.0. The van der Waals surface area contributed by atoms with E-state index in [2.05, 4.69) is 32.2 Å². The molecule has 10 rings (SSSR count). The summed E-state index contributed by atoms with van der Waals surface area (Å²) in [5.74, 6) is -2.47. The highest BCUT2D eigenvalue weighted by Gasteiger charge is 2.42. The largest absolute Gasteiger partial charge is 0.481 e. The number of nitrogens with one attached hydrogen (secondary N) is 1. The third-order valence-corrected chi connectivity index (χ3v) is 19.9. The van der Waals surface area contributed by atoms with Gasteiger partial charge in [-0.3, -0.25) is 24.5 Å². The summed E-state index contributed by atoms with van der Waals surface area (Å²) in [6.07, 6.45) is -27.5. The van der Waals surface area contributed by atoms with Gasteiger partial charge in [-0.25, -0.2) is 9.97 Å². The number of hydroxylamine groups is 2. The van der Waals surface area contributed by atoms with Crippen molar-refractivity contribution in [3.8, 4) is 0 Å². The van der Waals surface area contributed by atoms with Crippen LogP contribution in [0.3, 0.4) is 0 Å². The van der Waals surface area contributed by atoms with Crippen molar-refractivity contribution in [1.82, 2.24) is 40.1 Å². The molecule has 4 aromatic heterocycles. The molecule has 4 atom stereocenters. The molecule has 0 saturated carbocycles. The van der Waals surface area contributed by atoms with Crippen LogP contribution in [0.5, 0.6) is 0 Å². The van der Waals surface area contributed by atoms with Gasteiger partial charge in [0.15, 0.2) is 0 Å². The van der Waals surface area contributed by atoms with Crippen LogP contribution in [-0.2, 0) is 59.5 Å². The number of carbonyl (C=O) groups is 2. The molecule has 0 saturated heterocycles. The fourth-order valence-electron chi connectivity index (χ4n) is 13.2. The summed E-state index contributed by atoms with van der Waals surface area (Å²) in [4.78, 5) is 39.8. The molecule has 0 aliphatic rings. The highest BCUT2D eigenvalue weighted by Crippen LogP contribution is 2.44. The lowest BCUT2D eigenvalue weighted by Crippen LogP contribution is -2.33. The van der Waals surface area contributed by atoms with Crippen molar-refractivity contribution in [2.45, 2.75) is 166 Å². The average Bonchev–Trinajstić information content (AvgIpc) is 0.781. The standard InChI is InChI=1S/C23H24ClF3N2O2.C23H24ClF3N2O.C21H26F6N2O.C19H18F6N2O5/c1-2-3-11-29(31)14-21(30)19-13-17(12-15-7-9-16(24)10-8-15)28-22-18(19)5-4-6-20(22)23(25,26)27;1-2-3-11-28-14-21(30)19-13-17(12-15-7-9-16(24)10-8-15)29-22-18(19)5-4-6-20(22)23(25,26)27;1-3-5-10-29(11-6-4-2)13-17(30)15-12-18(21(25,26)27)28-19-14(15)8-7-9-16(19)20(22,23)24;20-18(21,22)12-3-1-2-10-11(8-14(19(23,24)25)26-17(10)12)13(28)9-27(6-4-15(29)30)7-5-16(31)32/h4-10,13,21,30-31H,2-3,11-12,14H2,1H3;4-10,13,21,28,30H,2-3,11-12,14H2,1H3;7-9,12,17,30H,3-6,10-11,13H2,1-2H3;1-3,8,13,28H,4-7,9H2,(H,29,30)(H,31,32). The lowest BCUT2D eigenvalue weighted by Gasteiger charge is -2.26. The van der Waals surface area contributed by atoms with Crippen LogP contribution in [0.2, 0.25) is 10.0 Å². The highest BCUT2D eigenvalue weighted by atomic mass is 35.5. The number of aliphatic hydroxyl groups excluding tert-OH is 4. The molecule has 8 N–H and O–H groups in total. The number of alkyl halides is 18. The van der Waals surface area contributed by atoms with E-state index in [9.17, 15) is 114 Å². The number of benzene rings is 6. The summed E-state index contributed by atoms with van der Waals surface area (Å²) >= 11 is 11.8. The quantitative estimate of drug-likeness (QED) is 0.0106. The molecule has 0 radical (unpaired) electrons. The van der Waals surface area contributed by atoms with E-state index in [0.717, 1.165) is 104 Å². The number of pyridine rings is 4. The van der Waals surface area contributed by atoms with Crippen molar-refractivity contribution in [2.75, 3.05) is 65.4 Å². The molecule has 17 nitrogen and oxygen atoms in total.